The minimum Gasteiger partial charge on any atom is -0.486 e. The minimum absolute atomic E-state index is 0.208. The summed E-state index contributed by atoms with van der Waals surface area (Å²) < 4.78 is 18.9. The van der Waals surface area contributed by atoms with E-state index in [0.717, 1.165) is 47.7 Å². The van der Waals surface area contributed by atoms with Crippen molar-refractivity contribution in [2.45, 2.75) is 18.9 Å². The number of para-hydroxylation sites is 1. The molecule has 2 aromatic carbocycles. The van der Waals surface area contributed by atoms with E-state index in [2.05, 4.69) is 15.8 Å². The Morgan fingerprint density at radius 2 is 1.97 bits per heavy atom. The zero-order valence-electron chi connectivity index (χ0n) is 18.1. The summed E-state index contributed by atoms with van der Waals surface area (Å²) in [4.78, 5) is 0. The second-order valence-electron chi connectivity index (χ2n) is 7.79. The highest BCUT2D eigenvalue weighted by molar-refractivity contribution is 7.80. The van der Waals surface area contributed by atoms with Gasteiger partial charge in [0.05, 0.1) is 18.0 Å². The SMILES string of the molecule is S=C(NCC1CCCO1)NN=Cc1cn(-c2ccccc2)nc1-c1ccc2c(c1)OCCO2. The minimum atomic E-state index is 0.208. The summed E-state index contributed by atoms with van der Waals surface area (Å²) in [7, 11) is 0. The fourth-order valence-electron chi connectivity index (χ4n) is 3.82. The number of aromatic nitrogens is 2. The third-order valence-corrected chi connectivity index (χ3v) is 5.70. The average molecular weight is 464 g/mol. The summed E-state index contributed by atoms with van der Waals surface area (Å²) >= 11 is 5.34. The molecule has 0 saturated carbocycles. The quantitative estimate of drug-likeness (QED) is 0.330. The number of hydrazone groups is 1. The molecule has 1 saturated heterocycles. The number of nitrogens with zero attached hydrogens (tertiary/aromatic N) is 3. The maximum Gasteiger partial charge on any atom is 0.187 e. The number of nitrogens with one attached hydrogen (secondary N) is 2. The van der Waals surface area contributed by atoms with E-state index in [1.54, 1.807) is 6.21 Å². The maximum absolute atomic E-state index is 5.76. The van der Waals surface area contributed by atoms with Crippen molar-refractivity contribution in [1.29, 1.82) is 0 Å². The molecule has 0 aliphatic carbocycles. The zero-order valence-corrected chi connectivity index (χ0v) is 18.9. The molecule has 3 aromatic rings. The van der Waals surface area contributed by atoms with E-state index in [-0.39, 0.29) is 6.10 Å². The molecule has 3 heterocycles. The first-order valence-electron chi connectivity index (χ1n) is 11.0. The van der Waals surface area contributed by atoms with Crippen LogP contribution in [0.1, 0.15) is 18.4 Å². The van der Waals surface area contributed by atoms with Gasteiger partial charge in [-0.1, -0.05) is 18.2 Å². The van der Waals surface area contributed by atoms with Gasteiger partial charge in [-0.25, -0.2) is 4.68 Å². The van der Waals surface area contributed by atoms with Crippen LogP contribution >= 0.6 is 12.2 Å². The maximum atomic E-state index is 5.76. The molecule has 0 bridgehead atoms. The first-order valence-corrected chi connectivity index (χ1v) is 11.4. The summed E-state index contributed by atoms with van der Waals surface area (Å²) in [6.45, 7) is 2.58. The Labute approximate surface area is 197 Å². The summed E-state index contributed by atoms with van der Waals surface area (Å²) in [5.74, 6) is 1.46. The summed E-state index contributed by atoms with van der Waals surface area (Å²) in [6.07, 6.45) is 6.02. The van der Waals surface area contributed by atoms with Gasteiger partial charge in [-0.3, -0.25) is 5.43 Å². The molecular weight excluding hydrogens is 438 g/mol. The zero-order chi connectivity index (χ0) is 22.5. The van der Waals surface area contributed by atoms with Gasteiger partial charge in [-0.05, 0) is 55.4 Å². The van der Waals surface area contributed by atoms with Crippen molar-refractivity contribution < 1.29 is 14.2 Å². The molecule has 33 heavy (non-hydrogen) atoms. The monoisotopic (exact) mass is 463 g/mol. The van der Waals surface area contributed by atoms with Gasteiger partial charge < -0.3 is 19.5 Å². The molecule has 9 heteroatoms. The Balaban J connectivity index is 1.36. The van der Waals surface area contributed by atoms with Crippen LogP contribution < -0.4 is 20.2 Å². The second-order valence-corrected chi connectivity index (χ2v) is 8.19. The van der Waals surface area contributed by atoms with E-state index in [1.165, 1.54) is 0 Å². The summed E-state index contributed by atoms with van der Waals surface area (Å²) in [5, 5.41) is 12.8. The van der Waals surface area contributed by atoms with Crippen LogP contribution in [0, 0.1) is 0 Å². The Hall–Kier alpha value is -3.43. The van der Waals surface area contributed by atoms with E-state index in [4.69, 9.17) is 31.5 Å². The molecule has 170 valence electrons. The molecule has 5 rings (SSSR count). The highest BCUT2D eigenvalue weighted by Crippen LogP contribution is 2.35. The largest absolute Gasteiger partial charge is 0.486 e. The fraction of sp³-hybridized carbons (Fsp3) is 0.292. The standard InChI is InChI=1S/C24H25N5O3S/c33-24(25-15-20-7-4-10-30-20)27-26-14-18-16-29(19-5-2-1-3-6-19)28-23(18)17-8-9-21-22(13-17)32-12-11-31-21/h1-3,5-6,8-9,13-14,16,20H,4,7,10-12,15H2,(H2,25,27,33). The van der Waals surface area contributed by atoms with E-state index in [1.807, 2.05) is 59.4 Å². The number of ether oxygens (including phenoxy) is 3. The predicted molar refractivity (Wildman–Crippen MR) is 130 cm³/mol. The third kappa shape index (κ3) is 5.15. The van der Waals surface area contributed by atoms with Crippen LogP contribution in [-0.4, -0.2) is 53.6 Å². The molecule has 0 spiro atoms. The lowest BCUT2D eigenvalue weighted by atomic mass is 10.1. The molecule has 0 radical (unpaired) electrons. The van der Waals surface area contributed by atoms with Crippen LogP contribution in [0.25, 0.3) is 16.9 Å². The second kappa shape index (κ2) is 10.0. The lowest BCUT2D eigenvalue weighted by Crippen LogP contribution is -2.37. The normalized spacial score (nSPS) is 17.3. The van der Waals surface area contributed by atoms with Gasteiger partial charge in [-0.2, -0.15) is 10.2 Å². The molecule has 1 aromatic heterocycles. The first-order chi connectivity index (χ1) is 16.3. The molecule has 2 aliphatic heterocycles. The average Bonchev–Trinajstić information content (AvgIpc) is 3.53. The molecule has 1 atom stereocenters. The van der Waals surface area contributed by atoms with Crippen molar-refractivity contribution in [3.05, 3.63) is 60.3 Å². The third-order valence-electron chi connectivity index (χ3n) is 5.46. The smallest absolute Gasteiger partial charge is 0.187 e. The van der Waals surface area contributed by atoms with Crippen molar-refractivity contribution in [2.75, 3.05) is 26.4 Å². The Bertz CT molecular complexity index is 1140. The number of benzene rings is 2. The molecule has 0 amide bonds. The van der Waals surface area contributed by atoms with Crippen LogP contribution in [0.2, 0.25) is 0 Å². The Morgan fingerprint density at radius 3 is 2.79 bits per heavy atom. The number of fused-ring (bicyclic) bond motifs is 1. The molecular formula is C24H25N5O3S. The van der Waals surface area contributed by atoms with Crippen LogP contribution in [0.4, 0.5) is 0 Å². The molecule has 1 unspecified atom stereocenters. The first kappa shape index (κ1) is 21.4. The van der Waals surface area contributed by atoms with Gasteiger partial charge in [0.2, 0.25) is 0 Å². The van der Waals surface area contributed by atoms with Gasteiger partial charge in [0, 0.05) is 30.5 Å². The number of rotatable bonds is 6. The summed E-state index contributed by atoms with van der Waals surface area (Å²) in [6, 6.07) is 15.8. The number of thiocarbonyl (C=S) groups is 1. The van der Waals surface area contributed by atoms with E-state index in [9.17, 15) is 0 Å². The van der Waals surface area contributed by atoms with Gasteiger partial charge in [0.25, 0.3) is 0 Å². The highest BCUT2D eigenvalue weighted by Gasteiger charge is 2.17. The molecule has 2 N–H and O–H groups in total. The van der Waals surface area contributed by atoms with E-state index < -0.39 is 0 Å². The van der Waals surface area contributed by atoms with Crippen molar-refractivity contribution >= 4 is 23.5 Å². The van der Waals surface area contributed by atoms with Crippen LogP contribution in [0.15, 0.2) is 59.8 Å². The number of hydrogen-bond donors (Lipinski definition) is 2. The Kier molecular flexibility index (Phi) is 6.50. The van der Waals surface area contributed by atoms with Crippen molar-refractivity contribution in [3.8, 4) is 28.4 Å². The lowest BCUT2D eigenvalue weighted by Gasteiger charge is -2.18. The van der Waals surface area contributed by atoms with Crippen molar-refractivity contribution in [1.82, 2.24) is 20.5 Å². The number of hydrogen-bond acceptors (Lipinski definition) is 6. The fourth-order valence-corrected chi connectivity index (χ4v) is 3.96. The molecule has 2 aliphatic rings. The molecule has 8 nitrogen and oxygen atoms in total. The molecule has 1 fully saturated rings. The summed E-state index contributed by atoms with van der Waals surface area (Å²) in [5.41, 5.74) is 6.37. The van der Waals surface area contributed by atoms with Gasteiger partial charge >= 0.3 is 0 Å². The lowest BCUT2D eigenvalue weighted by molar-refractivity contribution is 0.114. The van der Waals surface area contributed by atoms with Gasteiger partial charge in [-0.15, -0.1) is 0 Å². The predicted octanol–water partition coefficient (Wildman–Crippen LogP) is 3.29. The topological polar surface area (TPSA) is 81.9 Å². The van der Waals surface area contributed by atoms with Crippen LogP contribution in [-0.2, 0) is 4.74 Å². The Morgan fingerprint density at radius 1 is 1.12 bits per heavy atom. The van der Waals surface area contributed by atoms with Crippen molar-refractivity contribution in [3.63, 3.8) is 0 Å². The van der Waals surface area contributed by atoms with Gasteiger partial charge in [0.15, 0.2) is 16.6 Å². The van der Waals surface area contributed by atoms with E-state index in [0.29, 0.717) is 30.6 Å². The van der Waals surface area contributed by atoms with Crippen LogP contribution in [0.5, 0.6) is 11.5 Å². The van der Waals surface area contributed by atoms with Crippen LogP contribution in [0.3, 0.4) is 0 Å². The van der Waals surface area contributed by atoms with E-state index >= 15 is 0 Å². The van der Waals surface area contributed by atoms with Crippen molar-refractivity contribution in [2.24, 2.45) is 5.10 Å². The van der Waals surface area contributed by atoms with Gasteiger partial charge in [0.1, 0.15) is 18.9 Å². The highest BCUT2D eigenvalue weighted by atomic mass is 32.1.